The molecular formula is C13H20N4. The molecule has 1 aliphatic rings. The van der Waals surface area contributed by atoms with Crippen LogP contribution in [0.4, 0.5) is 0 Å². The van der Waals surface area contributed by atoms with Crippen molar-refractivity contribution in [2.75, 3.05) is 0 Å². The number of nitriles is 1. The lowest BCUT2D eigenvalue weighted by atomic mass is 9.85. The molecule has 0 aliphatic heterocycles. The highest BCUT2D eigenvalue weighted by Gasteiger charge is 2.25. The fraction of sp³-hybridized carbons (Fsp3) is 0.692. The van der Waals surface area contributed by atoms with E-state index in [0.717, 1.165) is 19.4 Å². The molecule has 4 nitrogen and oxygen atoms in total. The van der Waals surface area contributed by atoms with E-state index in [1.54, 1.807) is 6.20 Å². The zero-order chi connectivity index (χ0) is 12.1. The van der Waals surface area contributed by atoms with Gasteiger partial charge >= 0.3 is 0 Å². The molecule has 1 fully saturated rings. The lowest BCUT2D eigenvalue weighted by Gasteiger charge is -2.30. The average molecular weight is 232 g/mol. The zero-order valence-corrected chi connectivity index (χ0v) is 10.3. The van der Waals surface area contributed by atoms with Crippen LogP contribution in [0.25, 0.3) is 0 Å². The topological polar surface area (TPSA) is 53.6 Å². The van der Waals surface area contributed by atoms with Crippen LogP contribution in [0.5, 0.6) is 0 Å². The van der Waals surface area contributed by atoms with Crippen molar-refractivity contribution >= 4 is 0 Å². The van der Waals surface area contributed by atoms with Crippen LogP contribution in [-0.4, -0.2) is 21.9 Å². The Kier molecular flexibility index (Phi) is 4.16. The third kappa shape index (κ3) is 3.31. The normalized spacial score (nSPS) is 26.4. The molecule has 2 rings (SSSR count). The summed E-state index contributed by atoms with van der Waals surface area (Å²) in [6, 6.07) is 5.09. The van der Waals surface area contributed by atoms with E-state index >= 15 is 0 Å². The maximum Gasteiger partial charge on any atom is 0.0672 e. The van der Waals surface area contributed by atoms with Crippen LogP contribution in [0.1, 0.15) is 32.6 Å². The van der Waals surface area contributed by atoms with Gasteiger partial charge in [-0.05, 0) is 25.8 Å². The van der Waals surface area contributed by atoms with Crippen molar-refractivity contribution in [3.63, 3.8) is 0 Å². The minimum Gasteiger partial charge on any atom is -0.308 e. The molecule has 1 N–H and O–H groups in total. The maximum absolute atomic E-state index is 9.12. The summed E-state index contributed by atoms with van der Waals surface area (Å²) in [7, 11) is 0. The van der Waals surface area contributed by atoms with Crippen molar-refractivity contribution in [1.82, 2.24) is 15.1 Å². The van der Waals surface area contributed by atoms with E-state index in [1.165, 1.54) is 12.8 Å². The van der Waals surface area contributed by atoms with Crippen LogP contribution < -0.4 is 5.32 Å². The highest BCUT2D eigenvalue weighted by atomic mass is 15.3. The van der Waals surface area contributed by atoms with Gasteiger partial charge in [0.05, 0.1) is 18.5 Å². The van der Waals surface area contributed by atoms with E-state index in [4.69, 9.17) is 5.26 Å². The second-order valence-corrected chi connectivity index (χ2v) is 4.92. The second kappa shape index (κ2) is 5.83. The first-order valence-corrected chi connectivity index (χ1v) is 6.42. The summed E-state index contributed by atoms with van der Waals surface area (Å²) in [5, 5.41) is 16.9. The highest BCUT2D eigenvalue weighted by Crippen LogP contribution is 2.24. The minimum atomic E-state index is 0.184. The Morgan fingerprint density at radius 3 is 3.06 bits per heavy atom. The van der Waals surface area contributed by atoms with Gasteiger partial charge in [-0.3, -0.25) is 4.68 Å². The van der Waals surface area contributed by atoms with Crippen molar-refractivity contribution in [3.8, 4) is 6.07 Å². The molecule has 0 bridgehead atoms. The molecule has 1 aromatic rings. The molecule has 3 atom stereocenters. The molecule has 1 heterocycles. The van der Waals surface area contributed by atoms with Crippen LogP contribution in [-0.2, 0) is 6.54 Å². The number of rotatable bonds is 4. The quantitative estimate of drug-likeness (QED) is 0.863. The predicted molar refractivity (Wildman–Crippen MR) is 66.2 cm³/mol. The fourth-order valence-corrected chi connectivity index (χ4v) is 2.59. The number of aromatic nitrogens is 2. The summed E-state index contributed by atoms with van der Waals surface area (Å²) in [5.41, 5.74) is 0. The zero-order valence-electron chi connectivity index (χ0n) is 10.3. The molecule has 92 valence electrons. The molecular weight excluding hydrogens is 212 g/mol. The molecule has 0 aromatic carbocycles. The van der Waals surface area contributed by atoms with Gasteiger partial charge in [0.25, 0.3) is 0 Å². The predicted octanol–water partition coefficient (Wildman–Crippen LogP) is 1.94. The van der Waals surface area contributed by atoms with E-state index in [1.807, 2.05) is 16.9 Å². The van der Waals surface area contributed by atoms with Crippen LogP contribution in [0, 0.1) is 17.2 Å². The minimum absolute atomic E-state index is 0.184. The molecule has 0 saturated heterocycles. The Morgan fingerprint density at radius 1 is 1.53 bits per heavy atom. The summed E-state index contributed by atoms with van der Waals surface area (Å²) >= 11 is 0. The molecule has 3 unspecified atom stereocenters. The Balaban J connectivity index is 1.84. The van der Waals surface area contributed by atoms with E-state index in [-0.39, 0.29) is 5.92 Å². The lowest BCUT2D eigenvalue weighted by molar-refractivity contribution is 0.278. The van der Waals surface area contributed by atoms with Crippen molar-refractivity contribution in [1.29, 1.82) is 5.26 Å². The standard InChI is InChI=1S/C13H20N4/c1-11(10-17-8-4-7-15-17)16-13-6-3-2-5-12(13)9-14/h4,7-8,11-13,16H,2-3,5-6,10H2,1H3. The monoisotopic (exact) mass is 232 g/mol. The van der Waals surface area contributed by atoms with Crippen LogP contribution in [0.15, 0.2) is 18.5 Å². The Morgan fingerprint density at radius 2 is 2.35 bits per heavy atom. The van der Waals surface area contributed by atoms with Gasteiger partial charge in [-0.15, -0.1) is 0 Å². The van der Waals surface area contributed by atoms with Gasteiger partial charge < -0.3 is 5.32 Å². The Labute approximate surface area is 103 Å². The van der Waals surface area contributed by atoms with Gasteiger partial charge in [-0.25, -0.2) is 0 Å². The van der Waals surface area contributed by atoms with Crippen molar-refractivity contribution in [2.24, 2.45) is 5.92 Å². The third-order valence-electron chi connectivity index (χ3n) is 3.45. The lowest BCUT2D eigenvalue weighted by Crippen LogP contribution is -2.44. The smallest absolute Gasteiger partial charge is 0.0672 e. The fourth-order valence-electron chi connectivity index (χ4n) is 2.59. The molecule has 1 aliphatic carbocycles. The summed E-state index contributed by atoms with van der Waals surface area (Å²) in [4.78, 5) is 0. The SMILES string of the molecule is CC(Cn1cccn1)NC1CCCCC1C#N. The molecule has 0 radical (unpaired) electrons. The molecule has 0 spiro atoms. The van der Waals surface area contributed by atoms with E-state index in [2.05, 4.69) is 23.4 Å². The van der Waals surface area contributed by atoms with Crippen molar-refractivity contribution < 1.29 is 0 Å². The van der Waals surface area contributed by atoms with E-state index in [0.29, 0.717) is 12.1 Å². The molecule has 0 amide bonds. The average Bonchev–Trinajstić information content (AvgIpc) is 2.82. The maximum atomic E-state index is 9.12. The first-order chi connectivity index (χ1) is 8.29. The molecule has 4 heteroatoms. The van der Waals surface area contributed by atoms with Gasteiger partial charge in [0, 0.05) is 24.5 Å². The molecule has 1 aromatic heterocycles. The largest absolute Gasteiger partial charge is 0.308 e. The van der Waals surface area contributed by atoms with Crippen LogP contribution >= 0.6 is 0 Å². The van der Waals surface area contributed by atoms with Gasteiger partial charge in [-0.2, -0.15) is 10.4 Å². The summed E-state index contributed by atoms with van der Waals surface area (Å²) in [6.07, 6.45) is 8.38. The first-order valence-electron chi connectivity index (χ1n) is 6.42. The van der Waals surface area contributed by atoms with Crippen LogP contribution in [0.2, 0.25) is 0 Å². The van der Waals surface area contributed by atoms with Gasteiger partial charge in [0.1, 0.15) is 0 Å². The van der Waals surface area contributed by atoms with E-state index < -0.39 is 0 Å². The van der Waals surface area contributed by atoms with Gasteiger partial charge in [0.2, 0.25) is 0 Å². The third-order valence-corrected chi connectivity index (χ3v) is 3.45. The summed E-state index contributed by atoms with van der Waals surface area (Å²) in [5.74, 6) is 0.184. The highest BCUT2D eigenvalue weighted by molar-refractivity contribution is 4.95. The molecule has 1 saturated carbocycles. The number of hydrogen-bond acceptors (Lipinski definition) is 3. The van der Waals surface area contributed by atoms with Crippen LogP contribution in [0.3, 0.4) is 0 Å². The Bertz CT molecular complexity index is 365. The first kappa shape index (κ1) is 12.1. The van der Waals surface area contributed by atoms with Gasteiger partial charge in [-0.1, -0.05) is 12.8 Å². The van der Waals surface area contributed by atoms with Crippen molar-refractivity contribution in [3.05, 3.63) is 18.5 Å². The number of nitrogens with one attached hydrogen (secondary N) is 1. The van der Waals surface area contributed by atoms with Gasteiger partial charge in [0.15, 0.2) is 0 Å². The second-order valence-electron chi connectivity index (χ2n) is 4.92. The summed E-state index contributed by atoms with van der Waals surface area (Å²) in [6.45, 7) is 3.02. The number of nitrogens with zero attached hydrogens (tertiary/aromatic N) is 3. The van der Waals surface area contributed by atoms with Crippen molar-refractivity contribution in [2.45, 2.75) is 51.2 Å². The molecule has 17 heavy (non-hydrogen) atoms. The number of hydrogen-bond donors (Lipinski definition) is 1. The van der Waals surface area contributed by atoms with E-state index in [9.17, 15) is 0 Å². The summed E-state index contributed by atoms with van der Waals surface area (Å²) < 4.78 is 1.93. The Hall–Kier alpha value is -1.34.